The van der Waals surface area contributed by atoms with Crippen LogP contribution in [0.5, 0.6) is 5.75 Å². The quantitative estimate of drug-likeness (QED) is 0.750. The summed E-state index contributed by atoms with van der Waals surface area (Å²) in [4.78, 5) is 22.7. The number of urea groups is 1. The molecule has 0 bridgehead atoms. The highest BCUT2D eigenvalue weighted by molar-refractivity contribution is 5.92. The Labute approximate surface area is 112 Å². The van der Waals surface area contributed by atoms with E-state index in [1.54, 1.807) is 25.3 Å². The minimum absolute atomic E-state index is 0.0468. The molecular weight excluding hydrogens is 246 g/mol. The SMILES string of the molecule is CCNC(=O)CNC(=O)Nc1ccc(OC)c(C)c1. The predicted octanol–water partition coefficient (Wildman–Crippen LogP) is 1.26. The summed E-state index contributed by atoms with van der Waals surface area (Å²) in [5.41, 5.74) is 1.57. The monoisotopic (exact) mass is 265 g/mol. The van der Waals surface area contributed by atoms with Gasteiger partial charge < -0.3 is 20.7 Å². The summed E-state index contributed by atoms with van der Waals surface area (Å²) in [6, 6.07) is 4.88. The lowest BCUT2D eigenvalue weighted by Crippen LogP contribution is -2.38. The van der Waals surface area contributed by atoms with Gasteiger partial charge in [-0.05, 0) is 37.6 Å². The van der Waals surface area contributed by atoms with Crippen molar-refractivity contribution in [2.24, 2.45) is 0 Å². The van der Waals surface area contributed by atoms with Crippen molar-refractivity contribution in [3.8, 4) is 5.75 Å². The summed E-state index contributed by atoms with van der Waals surface area (Å²) in [6.07, 6.45) is 0. The summed E-state index contributed by atoms with van der Waals surface area (Å²) in [7, 11) is 1.59. The van der Waals surface area contributed by atoms with Crippen LogP contribution >= 0.6 is 0 Å². The van der Waals surface area contributed by atoms with Crippen molar-refractivity contribution in [2.45, 2.75) is 13.8 Å². The first-order valence-corrected chi connectivity index (χ1v) is 6.03. The highest BCUT2D eigenvalue weighted by Gasteiger charge is 2.06. The molecule has 0 aliphatic heterocycles. The molecule has 0 spiro atoms. The van der Waals surface area contributed by atoms with Gasteiger partial charge in [0, 0.05) is 12.2 Å². The first-order valence-electron chi connectivity index (χ1n) is 6.03. The summed E-state index contributed by atoms with van der Waals surface area (Å²) >= 11 is 0. The van der Waals surface area contributed by atoms with Crippen LogP contribution in [0.3, 0.4) is 0 Å². The molecule has 0 fully saturated rings. The number of ether oxygens (including phenoxy) is 1. The van der Waals surface area contributed by atoms with E-state index in [9.17, 15) is 9.59 Å². The molecule has 104 valence electrons. The lowest BCUT2D eigenvalue weighted by Gasteiger charge is -2.10. The fourth-order valence-electron chi connectivity index (χ4n) is 1.55. The van der Waals surface area contributed by atoms with Gasteiger partial charge in [0.25, 0.3) is 0 Å². The first-order chi connectivity index (χ1) is 9.06. The third-order valence-electron chi connectivity index (χ3n) is 2.44. The van der Waals surface area contributed by atoms with Crippen molar-refractivity contribution in [3.63, 3.8) is 0 Å². The fraction of sp³-hybridized carbons (Fsp3) is 0.385. The molecule has 0 aromatic heterocycles. The standard InChI is InChI=1S/C13H19N3O3/c1-4-14-12(17)8-15-13(18)16-10-5-6-11(19-3)9(2)7-10/h5-7H,4,8H2,1-3H3,(H,14,17)(H2,15,16,18). The van der Waals surface area contributed by atoms with E-state index in [0.717, 1.165) is 11.3 Å². The van der Waals surface area contributed by atoms with E-state index >= 15 is 0 Å². The Morgan fingerprint density at radius 3 is 2.58 bits per heavy atom. The molecule has 0 atom stereocenters. The molecular formula is C13H19N3O3. The summed E-state index contributed by atoms with van der Waals surface area (Å²) in [5, 5.41) is 7.71. The van der Waals surface area contributed by atoms with Crippen molar-refractivity contribution in [3.05, 3.63) is 23.8 Å². The number of carbonyl (C=O) groups excluding carboxylic acids is 2. The second-order valence-electron chi connectivity index (χ2n) is 3.95. The topological polar surface area (TPSA) is 79.5 Å². The third kappa shape index (κ3) is 4.87. The van der Waals surface area contributed by atoms with Crippen LogP contribution in [0.25, 0.3) is 0 Å². The Kier molecular flexibility index (Phi) is 5.66. The average Bonchev–Trinajstić information content (AvgIpc) is 2.37. The summed E-state index contributed by atoms with van der Waals surface area (Å²) in [6.45, 7) is 4.20. The van der Waals surface area contributed by atoms with Crippen LogP contribution in [0.1, 0.15) is 12.5 Å². The maximum atomic E-state index is 11.6. The normalized spacial score (nSPS) is 9.63. The van der Waals surface area contributed by atoms with Crippen LogP contribution in [0.4, 0.5) is 10.5 Å². The minimum atomic E-state index is -0.421. The van der Waals surface area contributed by atoms with Gasteiger partial charge in [-0.2, -0.15) is 0 Å². The van der Waals surface area contributed by atoms with Crippen molar-refractivity contribution >= 4 is 17.6 Å². The second kappa shape index (κ2) is 7.25. The van der Waals surface area contributed by atoms with Gasteiger partial charge in [0.15, 0.2) is 0 Å². The van der Waals surface area contributed by atoms with E-state index in [2.05, 4.69) is 16.0 Å². The maximum absolute atomic E-state index is 11.6. The van der Waals surface area contributed by atoms with E-state index in [4.69, 9.17) is 4.74 Å². The number of amides is 3. The number of hydrogen-bond acceptors (Lipinski definition) is 3. The Hall–Kier alpha value is -2.24. The van der Waals surface area contributed by atoms with Gasteiger partial charge in [0.2, 0.25) is 5.91 Å². The molecule has 0 aliphatic carbocycles. The zero-order valence-corrected chi connectivity index (χ0v) is 11.4. The smallest absolute Gasteiger partial charge is 0.319 e. The molecule has 1 rings (SSSR count). The van der Waals surface area contributed by atoms with Crippen LogP contribution in [-0.2, 0) is 4.79 Å². The molecule has 0 saturated carbocycles. The molecule has 0 saturated heterocycles. The lowest BCUT2D eigenvalue weighted by molar-refractivity contribution is -0.119. The molecule has 3 N–H and O–H groups in total. The second-order valence-corrected chi connectivity index (χ2v) is 3.95. The van der Waals surface area contributed by atoms with E-state index in [-0.39, 0.29) is 12.5 Å². The molecule has 1 aromatic carbocycles. The molecule has 0 radical (unpaired) electrons. The van der Waals surface area contributed by atoms with Crippen LogP contribution in [0, 0.1) is 6.92 Å². The van der Waals surface area contributed by atoms with Crippen molar-refractivity contribution in [2.75, 3.05) is 25.5 Å². The molecule has 6 nitrogen and oxygen atoms in total. The maximum Gasteiger partial charge on any atom is 0.319 e. The number of carbonyl (C=O) groups is 2. The number of benzene rings is 1. The van der Waals surface area contributed by atoms with Crippen molar-refractivity contribution in [1.29, 1.82) is 0 Å². The molecule has 6 heteroatoms. The highest BCUT2D eigenvalue weighted by Crippen LogP contribution is 2.21. The Bertz CT molecular complexity index is 460. The van der Waals surface area contributed by atoms with Crippen LogP contribution < -0.4 is 20.7 Å². The zero-order valence-electron chi connectivity index (χ0n) is 11.4. The highest BCUT2D eigenvalue weighted by atomic mass is 16.5. The van der Waals surface area contributed by atoms with E-state index < -0.39 is 6.03 Å². The van der Waals surface area contributed by atoms with E-state index in [0.29, 0.717) is 12.2 Å². The van der Waals surface area contributed by atoms with Gasteiger partial charge in [-0.3, -0.25) is 4.79 Å². The van der Waals surface area contributed by atoms with Gasteiger partial charge in [0.05, 0.1) is 13.7 Å². The molecule has 0 aliphatic rings. The summed E-state index contributed by atoms with van der Waals surface area (Å²) in [5.74, 6) is 0.539. The number of methoxy groups -OCH3 is 1. The zero-order chi connectivity index (χ0) is 14.3. The average molecular weight is 265 g/mol. The minimum Gasteiger partial charge on any atom is -0.496 e. The Morgan fingerprint density at radius 2 is 2.00 bits per heavy atom. The van der Waals surface area contributed by atoms with Crippen molar-refractivity contribution in [1.82, 2.24) is 10.6 Å². The predicted molar refractivity (Wildman–Crippen MR) is 73.4 cm³/mol. The third-order valence-corrected chi connectivity index (χ3v) is 2.44. The van der Waals surface area contributed by atoms with E-state index in [1.807, 2.05) is 13.8 Å². The van der Waals surface area contributed by atoms with E-state index in [1.165, 1.54) is 0 Å². The molecule has 1 aromatic rings. The molecule has 3 amide bonds. The van der Waals surface area contributed by atoms with Crippen molar-refractivity contribution < 1.29 is 14.3 Å². The van der Waals surface area contributed by atoms with Gasteiger partial charge in [0.1, 0.15) is 5.75 Å². The lowest BCUT2D eigenvalue weighted by atomic mass is 10.2. The Morgan fingerprint density at radius 1 is 1.26 bits per heavy atom. The van der Waals surface area contributed by atoms with Crippen LogP contribution in [0.15, 0.2) is 18.2 Å². The van der Waals surface area contributed by atoms with Gasteiger partial charge in [-0.1, -0.05) is 0 Å². The number of anilines is 1. The number of aryl methyl sites for hydroxylation is 1. The molecule has 0 unspecified atom stereocenters. The molecule has 0 heterocycles. The summed E-state index contributed by atoms with van der Waals surface area (Å²) < 4.78 is 5.13. The largest absolute Gasteiger partial charge is 0.496 e. The number of nitrogens with one attached hydrogen (secondary N) is 3. The first kappa shape index (κ1) is 14.8. The van der Waals surface area contributed by atoms with Gasteiger partial charge >= 0.3 is 6.03 Å². The molecule has 19 heavy (non-hydrogen) atoms. The van der Waals surface area contributed by atoms with Gasteiger partial charge in [-0.15, -0.1) is 0 Å². The number of rotatable bonds is 5. The fourth-order valence-corrected chi connectivity index (χ4v) is 1.55. The van der Waals surface area contributed by atoms with Gasteiger partial charge in [-0.25, -0.2) is 4.79 Å². The van der Waals surface area contributed by atoms with Crippen LogP contribution in [0.2, 0.25) is 0 Å². The number of likely N-dealkylation sites (N-methyl/N-ethyl adjacent to an activating group) is 1. The number of hydrogen-bond donors (Lipinski definition) is 3. The van der Waals surface area contributed by atoms with Crippen LogP contribution in [-0.4, -0.2) is 32.1 Å². The Balaban J connectivity index is 2.48.